The molecular formula is C17H34N2. The standard InChI is InChI=1S/C17H34N2/c1-14(2)11-19(16-7-5-6-8-16)13-17(15(3)4)9-10-18-12-17/h14-16,18H,5-13H2,1-4H3. The molecule has 2 heteroatoms. The van der Waals surface area contributed by atoms with Crippen LogP contribution < -0.4 is 5.32 Å². The molecule has 1 aliphatic heterocycles. The summed E-state index contributed by atoms with van der Waals surface area (Å²) < 4.78 is 0. The van der Waals surface area contributed by atoms with Crippen LogP contribution in [0.1, 0.15) is 59.8 Å². The van der Waals surface area contributed by atoms with Crippen LogP contribution in [-0.4, -0.2) is 37.1 Å². The van der Waals surface area contributed by atoms with E-state index in [2.05, 4.69) is 37.9 Å². The summed E-state index contributed by atoms with van der Waals surface area (Å²) in [5, 5.41) is 3.62. The Hall–Kier alpha value is -0.0800. The lowest BCUT2D eigenvalue weighted by atomic mass is 9.75. The second-order valence-corrected chi connectivity index (χ2v) is 7.71. The normalized spacial score (nSPS) is 29.2. The summed E-state index contributed by atoms with van der Waals surface area (Å²) in [7, 11) is 0. The van der Waals surface area contributed by atoms with Gasteiger partial charge in [0.1, 0.15) is 0 Å². The average Bonchev–Trinajstić information content (AvgIpc) is 2.99. The van der Waals surface area contributed by atoms with Gasteiger partial charge < -0.3 is 5.32 Å². The van der Waals surface area contributed by atoms with E-state index in [4.69, 9.17) is 0 Å². The fourth-order valence-electron chi connectivity index (χ4n) is 4.06. The Labute approximate surface area is 120 Å². The van der Waals surface area contributed by atoms with Crippen molar-refractivity contribution in [1.82, 2.24) is 10.2 Å². The molecule has 1 saturated carbocycles. The van der Waals surface area contributed by atoms with Gasteiger partial charge in [-0.2, -0.15) is 0 Å². The first kappa shape index (κ1) is 15.3. The van der Waals surface area contributed by atoms with Crippen molar-refractivity contribution in [3.8, 4) is 0 Å². The van der Waals surface area contributed by atoms with Crippen LogP contribution in [0.15, 0.2) is 0 Å². The van der Waals surface area contributed by atoms with E-state index in [0.717, 1.165) is 17.9 Å². The molecule has 2 rings (SSSR count). The molecule has 1 N–H and O–H groups in total. The summed E-state index contributed by atoms with van der Waals surface area (Å²) in [6, 6.07) is 0.874. The molecule has 0 aromatic rings. The first-order valence-electron chi connectivity index (χ1n) is 8.48. The van der Waals surface area contributed by atoms with Crippen LogP contribution in [0.4, 0.5) is 0 Å². The maximum Gasteiger partial charge on any atom is 0.00956 e. The maximum absolute atomic E-state index is 3.62. The molecule has 1 unspecified atom stereocenters. The zero-order chi connectivity index (χ0) is 13.9. The van der Waals surface area contributed by atoms with Crippen molar-refractivity contribution in [2.75, 3.05) is 26.2 Å². The van der Waals surface area contributed by atoms with E-state index in [-0.39, 0.29) is 0 Å². The fourth-order valence-corrected chi connectivity index (χ4v) is 4.06. The van der Waals surface area contributed by atoms with Crippen LogP contribution in [0.25, 0.3) is 0 Å². The van der Waals surface area contributed by atoms with Gasteiger partial charge in [-0.1, -0.05) is 40.5 Å². The van der Waals surface area contributed by atoms with Crippen LogP contribution in [0.2, 0.25) is 0 Å². The lowest BCUT2D eigenvalue weighted by Gasteiger charge is -2.41. The van der Waals surface area contributed by atoms with Gasteiger partial charge in [-0.05, 0) is 43.1 Å². The second-order valence-electron chi connectivity index (χ2n) is 7.71. The molecule has 0 aromatic heterocycles. The van der Waals surface area contributed by atoms with Crippen molar-refractivity contribution in [2.45, 2.75) is 65.8 Å². The van der Waals surface area contributed by atoms with Gasteiger partial charge in [0.15, 0.2) is 0 Å². The molecule has 0 aromatic carbocycles. The van der Waals surface area contributed by atoms with Crippen molar-refractivity contribution >= 4 is 0 Å². The van der Waals surface area contributed by atoms with E-state index < -0.39 is 0 Å². The highest BCUT2D eigenvalue weighted by molar-refractivity contribution is 4.94. The van der Waals surface area contributed by atoms with Gasteiger partial charge in [0.25, 0.3) is 0 Å². The first-order valence-corrected chi connectivity index (χ1v) is 8.48. The summed E-state index contributed by atoms with van der Waals surface area (Å²) in [6.07, 6.45) is 7.15. The van der Waals surface area contributed by atoms with Gasteiger partial charge in [-0.3, -0.25) is 4.90 Å². The monoisotopic (exact) mass is 266 g/mol. The molecule has 1 heterocycles. The Kier molecular flexibility index (Phi) is 5.30. The van der Waals surface area contributed by atoms with Crippen LogP contribution >= 0.6 is 0 Å². The molecule has 0 radical (unpaired) electrons. The summed E-state index contributed by atoms with van der Waals surface area (Å²) >= 11 is 0. The highest BCUT2D eigenvalue weighted by atomic mass is 15.2. The molecule has 2 nitrogen and oxygen atoms in total. The third-order valence-corrected chi connectivity index (χ3v) is 5.46. The Morgan fingerprint density at radius 1 is 1.16 bits per heavy atom. The van der Waals surface area contributed by atoms with Gasteiger partial charge in [-0.25, -0.2) is 0 Å². The number of nitrogens with one attached hydrogen (secondary N) is 1. The van der Waals surface area contributed by atoms with Crippen LogP contribution in [0, 0.1) is 17.3 Å². The Morgan fingerprint density at radius 3 is 2.32 bits per heavy atom. The van der Waals surface area contributed by atoms with Crippen molar-refractivity contribution in [1.29, 1.82) is 0 Å². The SMILES string of the molecule is CC(C)CN(CC1(C(C)C)CCNC1)C1CCCC1. The minimum atomic E-state index is 0.525. The van der Waals surface area contributed by atoms with Gasteiger partial charge in [0.05, 0.1) is 0 Å². The molecular weight excluding hydrogens is 232 g/mol. The highest BCUT2D eigenvalue weighted by Crippen LogP contribution is 2.37. The topological polar surface area (TPSA) is 15.3 Å². The van der Waals surface area contributed by atoms with E-state index in [0.29, 0.717) is 5.41 Å². The fraction of sp³-hybridized carbons (Fsp3) is 1.00. The number of rotatable bonds is 6. The molecule has 19 heavy (non-hydrogen) atoms. The molecule has 1 saturated heterocycles. The molecule has 0 spiro atoms. The van der Waals surface area contributed by atoms with Crippen LogP contribution in [-0.2, 0) is 0 Å². The predicted octanol–water partition coefficient (Wildman–Crippen LogP) is 3.52. The summed E-state index contributed by atoms with van der Waals surface area (Å²) in [5.41, 5.74) is 0.525. The predicted molar refractivity (Wildman–Crippen MR) is 83.4 cm³/mol. The van der Waals surface area contributed by atoms with Gasteiger partial charge in [0.2, 0.25) is 0 Å². The summed E-state index contributed by atoms with van der Waals surface area (Å²) in [6.45, 7) is 14.7. The lowest BCUT2D eigenvalue weighted by Crippen LogP contribution is -2.47. The van der Waals surface area contributed by atoms with E-state index >= 15 is 0 Å². The van der Waals surface area contributed by atoms with Gasteiger partial charge >= 0.3 is 0 Å². The molecule has 1 aliphatic carbocycles. The number of nitrogens with zero attached hydrogens (tertiary/aromatic N) is 1. The van der Waals surface area contributed by atoms with E-state index in [9.17, 15) is 0 Å². The van der Waals surface area contributed by atoms with Crippen molar-refractivity contribution in [2.24, 2.45) is 17.3 Å². The van der Waals surface area contributed by atoms with E-state index in [1.54, 1.807) is 0 Å². The molecule has 1 atom stereocenters. The minimum Gasteiger partial charge on any atom is -0.316 e. The lowest BCUT2D eigenvalue weighted by molar-refractivity contribution is 0.0767. The Morgan fingerprint density at radius 2 is 1.84 bits per heavy atom. The summed E-state index contributed by atoms with van der Waals surface area (Å²) in [4.78, 5) is 2.85. The smallest absolute Gasteiger partial charge is 0.00956 e. The largest absolute Gasteiger partial charge is 0.316 e. The second kappa shape index (κ2) is 6.58. The van der Waals surface area contributed by atoms with Gasteiger partial charge in [0, 0.05) is 25.7 Å². The summed E-state index contributed by atoms with van der Waals surface area (Å²) in [5.74, 6) is 1.58. The molecule has 0 bridgehead atoms. The third kappa shape index (κ3) is 3.72. The molecule has 2 aliphatic rings. The Bertz CT molecular complexity index is 260. The minimum absolute atomic E-state index is 0.525. The van der Waals surface area contributed by atoms with E-state index in [1.165, 1.54) is 58.3 Å². The van der Waals surface area contributed by atoms with Gasteiger partial charge in [-0.15, -0.1) is 0 Å². The van der Waals surface area contributed by atoms with Crippen LogP contribution in [0.3, 0.4) is 0 Å². The van der Waals surface area contributed by atoms with Crippen molar-refractivity contribution in [3.63, 3.8) is 0 Å². The highest BCUT2D eigenvalue weighted by Gasteiger charge is 2.40. The third-order valence-electron chi connectivity index (χ3n) is 5.46. The number of hydrogen-bond acceptors (Lipinski definition) is 2. The van der Waals surface area contributed by atoms with E-state index in [1.807, 2.05) is 0 Å². The quantitative estimate of drug-likeness (QED) is 0.791. The van der Waals surface area contributed by atoms with Crippen LogP contribution in [0.5, 0.6) is 0 Å². The zero-order valence-electron chi connectivity index (χ0n) is 13.5. The van der Waals surface area contributed by atoms with Crippen molar-refractivity contribution < 1.29 is 0 Å². The zero-order valence-corrected chi connectivity index (χ0v) is 13.5. The molecule has 2 fully saturated rings. The number of hydrogen-bond donors (Lipinski definition) is 1. The first-order chi connectivity index (χ1) is 9.03. The molecule has 112 valence electrons. The maximum atomic E-state index is 3.62. The average molecular weight is 266 g/mol. The Balaban J connectivity index is 2.04. The van der Waals surface area contributed by atoms with Crippen molar-refractivity contribution in [3.05, 3.63) is 0 Å². The molecule has 0 amide bonds.